The third-order valence-corrected chi connectivity index (χ3v) is 8.64. The minimum atomic E-state index is 0.932. The smallest absolute Gasteiger partial charge is 0.138 e. The van der Waals surface area contributed by atoms with Gasteiger partial charge in [-0.05, 0) is 116 Å². The molecule has 0 aliphatic rings. The second-order valence-electron chi connectivity index (χ2n) is 11.8. The number of furan rings is 1. The summed E-state index contributed by atoms with van der Waals surface area (Å²) in [6.07, 6.45) is 0. The molecule has 0 aliphatic heterocycles. The molecule has 0 spiro atoms. The van der Waals surface area contributed by atoms with Crippen molar-refractivity contribution < 1.29 is 4.42 Å². The molecule has 2 aromatic heterocycles. The van der Waals surface area contributed by atoms with Crippen LogP contribution in [0.4, 0.5) is 0 Å². The van der Waals surface area contributed by atoms with Gasteiger partial charge in [-0.15, -0.1) is 0 Å². The molecule has 2 heterocycles. The Morgan fingerprint density at radius 3 is 1.79 bits per heavy atom. The number of aryl methyl sites for hydroxylation is 4. The lowest BCUT2D eigenvalue weighted by Gasteiger charge is -2.12. The van der Waals surface area contributed by atoms with E-state index in [1.165, 1.54) is 71.8 Å². The molecular weight excluding hydrogens is 510 g/mol. The van der Waals surface area contributed by atoms with E-state index in [0.717, 1.165) is 22.1 Å². The minimum absolute atomic E-state index is 0.932. The molecule has 0 fully saturated rings. The van der Waals surface area contributed by atoms with Crippen molar-refractivity contribution in [2.75, 3.05) is 0 Å². The number of nitrogens with zero attached hydrogens (tertiary/aromatic N) is 1. The molecule has 8 rings (SSSR count). The highest BCUT2D eigenvalue weighted by Gasteiger charge is 2.14. The van der Waals surface area contributed by atoms with Crippen molar-refractivity contribution in [2.24, 2.45) is 0 Å². The Labute approximate surface area is 245 Å². The standard InChI is InChI=1S/C40H31NO/c1-24-8-15-37-34(20-24)35-21-25(2)9-16-38(35)41(37)32-13-10-28(11-14-32)30-18-26(3)19-31(22-30)29-12-17-39-36(23-29)33-7-5-6-27(4)40(33)42-39/h5-23H,1-4H3. The van der Waals surface area contributed by atoms with Crippen LogP contribution in [0.2, 0.25) is 0 Å². The molecule has 2 heteroatoms. The molecule has 0 saturated heterocycles. The summed E-state index contributed by atoms with van der Waals surface area (Å²) in [7, 11) is 0. The maximum Gasteiger partial charge on any atom is 0.138 e. The summed E-state index contributed by atoms with van der Waals surface area (Å²) in [6.45, 7) is 8.62. The fourth-order valence-electron chi connectivity index (χ4n) is 6.57. The van der Waals surface area contributed by atoms with Crippen LogP contribution in [0.15, 0.2) is 120 Å². The van der Waals surface area contributed by atoms with Crippen molar-refractivity contribution in [1.82, 2.24) is 4.57 Å². The number of fused-ring (bicyclic) bond motifs is 6. The second-order valence-corrected chi connectivity index (χ2v) is 11.8. The molecule has 202 valence electrons. The zero-order chi connectivity index (χ0) is 28.5. The van der Waals surface area contributed by atoms with Crippen LogP contribution >= 0.6 is 0 Å². The van der Waals surface area contributed by atoms with E-state index in [9.17, 15) is 0 Å². The Morgan fingerprint density at radius 2 is 1.10 bits per heavy atom. The van der Waals surface area contributed by atoms with Crippen LogP contribution in [0, 0.1) is 27.7 Å². The van der Waals surface area contributed by atoms with E-state index in [2.05, 4.69) is 148 Å². The van der Waals surface area contributed by atoms with Crippen molar-refractivity contribution >= 4 is 43.7 Å². The van der Waals surface area contributed by atoms with Gasteiger partial charge in [0.15, 0.2) is 0 Å². The molecule has 0 atom stereocenters. The van der Waals surface area contributed by atoms with E-state index in [0.29, 0.717) is 0 Å². The predicted molar refractivity (Wildman–Crippen MR) is 178 cm³/mol. The van der Waals surface area contributed by atoms with Gasteiger partial charge in [0.1, 0.15) is 11.2 Å². The first kappa shape index (κ1) is 24.7. The molecule has 6 aromatic carbocycles. The fraction of sp³-hybridized carbons (Fsp3) is 0.100. The summed E-state index contributed by atoms with van der Waals surface area (Å²) in [5.41, 5.74) is 15.4. The van der Waals surface area contributed by atoms with Gasteiger partial charge in [0.2, 0.25) is 0 Å². The normalized spacial score (nSPS) is 11.8. The van der Waals surface area contributed by atoms with E-state index in [-0.39, 0.29) is 0 Å². The zero-order valence-corrected chi connectivity index (χ0v) is 24.3. The summed E-state index contributed by atoms with van der Waals surface area (Å²) in [4.78, 5) is 0. The molecule has 0 N–H and O–H groups in total. The largest absolute Gasteiger partial charge is 0.456 e. The first-order chi connectivity index (χ1) is 20.4. The van der Waals surface area contributed by atoms with Crippen molar-refractivity contribution in [3.8, 4) is 27.9 Å². The van der Waals surface area contributed by atoms with Crippen molar-refractivity contribution in [3.05, 3.63) is 138 Å². The summed E-state index contributed by atoms with van der Waals surface area (Å²) in [5, 5.41) is 4.94. The average Bonchev–Trinajstić information content (AvgIpc) is 3.52. The van der Waals surface area contributed by atoms with Gasteiger partial charge in [-0.1, -0.05) is 71.8 Å². The lowest BCUT2D eigenvalue weighted by atomic mass is 9.95. The van der Waals surface area contributed by atoms with Gasteiger partial charge in [0.05, 0.1) is 11.0 Å². The summed E-state index contributed by atoms with van der Waals surface area (Å²) >= 11 is 0. The highest BCUT2D eigenvalue weighted by atomic mass is 16.3. The average molecular weight is 542 g/mol. The number of hydrogen-bond donors (Lipinski definition) is 0. The molecule has 0 bridgehead atoms. The SMILES string of the molecule is Cc1cc(-c2ccc(-n3c4ccc(C)cc4c4cc(C)ccc43)cc2)cc(-c2ccc3oc4c(C)cccc4c3c2)c1. The molecular formula is C40H31NO. The molecule has 0 unspecified atom stereocenters. The summed E-state index contributed by atoms with van der Waals surface area (Å²) < 4.78 is 8.59. The van der Waals surface area contributed by atoms with Gasteiger partial charge < -0.3 is 8.98 Å². The minimum Gasteiger partial charge on any atom is -0.456 e. The van der Waals surface area contributed by atoms with Crippen LogP contribution in [-0.4, -0.2) is 4.57 Å². The van der Waals surface area contributed by atoms with E-state index in [1.54, 1.807) is 0 Å². The van der Waals surface area contributed by atoms with Crippen LogP contribution in [0.25, 0.3) is 71.7 Å². The molecule has 0 aliphatic carbocycles. The fourth-order valence-corrected chi connectivity index (χ4v) is 6.57. The van der Waals surface area contributed by atoms with E-state index < -0.39 is 0 Å². The third kappa shape index (κ3) is 3.87. The third-order valence-electron chi connectivity index (χ3n) is 8.64. The van der Waals surface area contributed by atoms with Crippen molar-refractivity contribution in [3.63, 3.8) is 0 Å². The Balaban J connectivity index is 1.22. The summed E-state index contributed by atoms with van der Waals surface area (Å²) in [5.74, 6) is 0. The quantitative estimate of drug-likeness (QED) is 0.217. The number of para-hydroxylation sites is 1. The van der Waals surface area contributed by atoms with Gasteiger partial charge in [-0.2, -0.15) is 0 Å². The van der Waals surface area contributed by atoms with Gasteiger partial charge in [-0.3, -0.25) is 0 Å². The zero-order valence-electron chi connectivity index (χ0n) is 24.3. The van der Waals surface area contributed by atoms with Gasteiger partial charge in [0, 0.05) is 27.2 Å². The number of rotatable bonds is 3. The second kappa shape index (κ2) is 9.22. The first-order valence-electron chi connectivity index (χ1n) is 14.6. The molecule has 0 radical (unpaired) electrons. The van der Waals surface area contributed by atoms with Gasteiger partial charge in [0.25, 0.3) is 0 Å². The lowest BCUT2D eigenvalue weighted by molar-refractivity contribution is 0.666. The molecule has 8 aromatic rings. The van der Waals surface area contributed by atoms with Gasteiger partial charge in [-0.25, -0.2) is 0 Å². The molecule has 42 heavy (non-hydrogen) atoms. The highest BCUT2D eigenvalue weighted by molar-refractivity contribution is 6.10. The van der Waals surface area contributed by atoms with Crippen LogP contribution in [-0.2, 0) is 0 Å². The predicted octanol–water partition coefficient (Wildman–Crippen LogP) is 11.3. The van der Waals surface area contributed by atoms with Crippen LogP contribution in [0.3, 0.4) is 0 Å². The Hall–Kier alpha value is -5.08. The topological polar surface area (TPSA) is 18.1 Å². The van der Waals surface area contributed by atoms with Crippen molar-refractivity contribution in [2.45, 2.75) is 27.7 Å². The maximum atomic E-state index is 6.20. The maximum absolute atomic E-state index is 6.20. The van der Waals surface area contributed by atoms with E-state index in [4.69, 9.17) is 4.42 Å². The molecule has 0 saturated carbocycles. The molecule has 2 nitrogen and oxygen atoms in total. The van der Waals surface area contributed by atoms with Crippen molar-refractivity contribution in [1.29, 1.82) is 0 Å². The Bertz CT molecular complexity index is 2270. The Morgan fingerprint density at radius 1 is 0.452 bits per heavy atom. The van der Waals surface area contributed by atoms with Crippen LogP contribution in [0.5, 0.6) is 0 Å². The van der Waals surface area contributed by atoms with Gasteiger partial charge >= 0.3 is 0 Å². The number of hydrogen-bond acceptors (Lipinski definition) is 1. The molecule has 0 amide bonds. The highest BCUT2D eigenvalue weighted by Crippen LogP contribution is 2.37. The Kier molecular flexibility index (Phi) is 5.42. The lowest BCUT2D eigenvalue weighted by Crippen LogP contribution is -1.94. The van der Waals surface area contributed by atoms with E-state index >= 15 is 0 Å². The first-order valence-corrected chi connectivity index (χ1v) is 14.6. The van der Waals surface area contributed by atoms with E-state index in [1.807, 2.05) is 0 Å². The summed E-state index contributed by atoms with van der Waals surface area (Å²) in [6, 6.07) is 42.3. The number of benzene rings is 6. The monoisotopic (exact) mass is 541 g/mol. The van der Waals surface area contributed by atoms with Crippen LogP contribution < -0.4 is 0 Å². The van der Waals surface area contributed by atoms with Crippen LogP contribution in [0.1, 0.15) is 22.3 Å². The number of aromatic nitrogens is 1.